The van der Waals surface area contributed by atoms with Crippen LogP contribution < -0.4 is 5.32 Å². The molecule has 0 aromatic heterocycles. The Morgan fingerprint density at radius 1 is 1.11 bits per heavy atom. The number of hydrogen-bond acceptors (Lipinski definition) is 3. The van der Waals surface area contributed by atoms with Crippen molar-refractivity contribution in [2.45, 2.75) is 40.0 Å². The first-order valence-corrected chi connectivity index (χ1v) is 11.5. The summed E-state index contributed by atoms with van der Waals surface area (Å²) in [6.07, 6.45) is 0. The van der Waals surface area contributed by atoms with Gasteiger partial charge < -0.3 is 4.52 Å². The van der Waals surface area contributed by atoms with Crippen molar-refractivity contribution in [1.82, 2.24) is 5.32 Å². The average molecular weight is 448 g/mol. The first-order chi connectivity index (χ1) is 12.7. The summed E-state index contributed by atoms with van der Waals surface area (Å²) in [5, 5.41) is 3.43. The predicted octanol–water partition coefficient (Wildman–Crippen LogP) is 6.56. The molecule has 0 saturated carbocycles. The summed E-state index contributed by atoms with van der Waals surface area (Å²) in [6.45, 7) is 8.78. The fraction of sp³-hybridized carbons (Fsp3) is 0.364. The van der Waals surface area contributed by atoms with Gasteiger partial charge in [0.15, 0.2) is 0 Å². The fourth-order valence-corrected chi connectivity index (χ4v) is 4.88. The van der Waals surface area contributed by atoms with E-state index in [1.165, 1.54) is 0 Å². The average Bonchev–Trinajstić information content (AvgIpc) is 2.62. The van der Waals surface area contributed by atoms with Crippen molar-refractivity contribution in [2.24, 2.45) is 5.41 Å². The summed E-state index contributed by atoms with van der Waals surface area (Å²) in [5.41, 5.74) is 4.76. The van der Waals surface area contributed by atoms with Crippen LogP contribution in [0.4, 0.5) is 0 Å². The van der Waals surface area contributed by atoms with Crippen LogP contribution in [0.1, 0.15) is 44.6 Å². The molecule has 0 bridgehead atoms. The van der Waals surface area contributed by atoms with E-state index >= 15 is 0 Å². The molecule has 3 nitrogen and oxygen atoms in total. The molecule has 144 valence electrons. The minimum Gasteiger partial charge on any atom is -0.319 e. The zero-order valence-electron chi connectivity index (χ0n) is 16.3. The van der Waals surface area contributed by atoms with E-state index in [0.717, 1.165) is 15.6 Å². The van der Waals surface area contributed by atoms with Gasteiger partial charge in [0.2, 0.25) is 0 Å². The summed E-state index contributed by atoms with van der Waals surface area (Å²) in [7, 11) is -3.29. The van der Waals surface area contributed by atoms with Crippen LogP contribution in [-0.4, -0.2) is 6.61 Å². The van der Waals surface area contributed by atoms with E-state index in [0.29, 0.717) is 13.2 Å². The number of halogens is 1. The Bertz CT molecular complexity index is 833. The van der Waals surface area contributed by atoms with Crippen LogP contribution in [-0.2, 0) is 15.6 Å². The summed E-state index contributed by atoms with van der Waals surface area (Å²) >= 11 is 3.46. The molecule has 2 unspecified atom stereocenters. The van der Waals surface area contributed by atoms with Crippen molar-refractivity contribution in [2.75, 3.05) is 6.61 Å². The second kappa shape index (κ2) is 9.71. The lowest BCUT2D eigenvalue weighted by molar-refractivity contribution is 0.328. The lowest BCUT2D eigenvalue weighted by Gasteiger charge is -2.25. The highest BCUT2D eigenvalue weighted by molar-refractivity contribution is 9.10. The third kappa shape index (κ3) is 6.94. The molecule has 0 heterocycles. The van der Waals surface area contributed by atoms with Gasteiger partial charge in [0.25, 0.3) is 7.37 Å². The second-order valence-electron chi connectivity index (χ2n) is 7.32. The van der Waals surface area contributed by atoms with Crippen LogP contribution in [0.3, 0.4) is 0 Å². The molecule has 0 saturated heterocycles. The van der Waals surface area contributed by atoms with Crippen LogP contribution in [0.5, 0.6) is 0 Å². The molecule has 0 spiro atoms. The van der Waals surface area contributed by atoms with E-state index < -0.39 is 13.2 Å². The summed E-state index contributed by atoms with van der Waals surface area (Å²) in [4.78, 5) is 0. The molecular formula is C22H27BrNO2P. The highest BCUT2D eigenvalue weighted by atomic mass is 79.9. The topological polar surface area (TPSA) is 38.3 Å². The molecule has 2 aromatic carbocycles. The zero-order valence-corrected chi connectivity index (χ0v) is 18.8. The van der Waals surface area contributed by atoms with Gasteiger partial charge >= 0.3 is 0 Å². The maximum atomic E-state index is 13.8. The van der Waals surface area contributed by atoms with E-state index in [9.17, 15) is 4.57 Å². The van der Waals surface area contributed by atoms with Crippen molar-refractivity contribution in [3.05, 3.63) is 70.2 Å². The van der Waals surface area contributed by atoms with E-state index in [1.807, 2.05) is 82.3 Å². The molecule has 0 aliphatic carbocycles. The minimum absolute atomic E-state index is 0.254. The van der Waals surface area contributed by atoms with E-state index in [1.54, 1.807) is 0 Å². The van der Waals surface area contributed by atoms with Gasteiger partial charge in [-0.1, -0.05) is 64.3 Å². The smallest absolute Gasteiger partial charge is 0.294 e. The SMILES string of the molecule is CCOP(=O)(C#CC(C)(C)C)C(NCc1ccccc1)c1ccc(Br)cc1. The van der Waals surface area contributed by atoms with Crippen LogP contribution in [0.2, 0.25) is 0 Å². The molecule has 5 heteroatoms. The van der Waals surface area contributed by atoms with Crippen molar-refractivity contribution >= 4 is 23.3 Å². The monoisotopic (exact) mass is 447 g/mol. The fourth-order valence-electron chi connectivity index (χ4n) is 2.50. The quantitative estimate of drug-likeness (QED) is 0.385. The number of rotatable bonds is 7. The molecule has 0 amide bonds. The Hall–Kier alpha value is -1.37. The zero-order chi connectivity index (χ0) is 19.9. The third-order valence-corrected chi connectivity index (χ3v) is 6.53. The molecular weight excluding hydrogens is 421 g/mol. The van der Waals surface area contributed by atoms with E-state index in [4.69, 9.17) is 4.52 Å². The highest BCUT2D eigenvalue weighted by Gasteiger charge is 2.34. The van der Waals surface area contributed by atoms with Gasteiger partial charge in [-0.15, -0.1) is 0 Å². The second-order valence-corrected chi connectivity index (χ2v) is 10.4. The summed E-state index contributed by atoms with van der Waals surface area (Å²) in [5.74, 6) is 2.62. The van der Waals surface area contributed by atoms with Crippen LogP contribution >= 0.6 is 23.3 Å². The summed E-state index contributed by atoms with van der Waals surface area (Å²) < 4.78 is 20.5. The molecule has 2 rings (SSSR count). The van der Waals surface area contributed by atoms with Crippen molar-refractivity contribution in [1.29, 1.82) is 0 Å². The van der Waals surface area contributed by atoms with Gasteiger partial charge in [-0.05, 0) is 56.6 Å². The lowest BCUT2D eigenvalue weighted by atomic mass is 9.99. The van der Waals surface area contributed by atoms with Gasteiger partial charge in [-0.2, -0.15) is 0 Å². The third-order valence-electron chi connectivity index (χ3n) is 3.78. The molecule has 0 aliphatic rings. The van der Waals surface area contributed by atoms with Crippen molar-refractivity contribution in [3.63, 3.8) is 0 Å². The van der Waals surface area contributed by atoms with Crippen molar-refractivity contribution < 1.29 is 9.09 Å². The Morgan fingerprint density at radius 2 is 1.74 bits per heavy atom. The lowest BCUT2D eigenvalue weighted by Crippen LogP contribution is -2.22. The number of hydrogen-bond donors (Lipinski definition) is 1. The maximum absolute atomic E-state index is 13.8. The first kappa shape index (κ1) is 21.9. The Balaban J connectivity index is 2.42. The van der Waals surface area contributed by atoms with Gasteiger partial charge in [-0.25, -0.2) is 0 Å². The predicted molar refractivity (Wildman–Crippen MR) is 117 cm³/mol. The number of nitrogens with one attached hydrogen (secondary N) is 1. The van der Waals surface area contributed by atoms with Gasteiger partial charge in [0.1, 0.15) is 5.78 Å². The molecule has 27 heavy (non-hydrogen) atoms. The van der Waals surface area contributed by atoms with Crippen molar-refractivity contribution in [3.8, 4) is 11.6 Å². The van der Waals surface area contributed by atoms with Crippen LogP contribution in [0.15, 0.2) is 59.1 Å². The Labute approximate surface area is 171 Å². The van der Waals surface area contributed by atoms with Crippen LogP contribution in [0, 0.1) is 17.0 Å². The molecule has 2 aromatic rings. The van der Waals surface area contributed by atoms with E-state index in [-0.39, 0.29) is 5.41 Å². The van der Waals surface area contributed by atoms with Crippen LogP contribution in [0.25, 0.3) is 0 Å². The molecule has 0 fully saturated rings. The normalized spacial score (nSPS) is 14.7. The maximum Gasteiger partial charge on any atom is 0.294 e. The minimum atomic E-state index is -3.29. The van der Waals surface area contributed by atoms with Gasteiger partial charge in [0, 0.05) is 16.4 Å². The standard InChI is InChI=1S/C22H27BrNO2P/c1-5-26-27(25,16-15-22(2,3)4)21(19-11-13-20(23)14-12-19)24-17-18-9-7-6-8-10-18/h6-14,21,24H,5,17H2,1-4H3. The highest BCUT2D eigenvalue weighted by Crippen LogP contribution is 2.58. The van der Waals surface area contributed by atoms with Gasteiger partial charge in [-0.3, -0.25) is 9.88 Å². The first-order valence-electron chi connectivity index (χ1n) is 9.05. The summed E-state index contributed by atoms with van der Waals surface area (Å²) in [6, 6.07) is 17.8. The Morgan fingerprint density at radius 3 is 2.30 bits per heavy atom. The molecule has 2 atom stereocenters. The van der Waals surface area contributed by atoms with E-state index in [2.05, 4.69) is 32.8 Å². The molecule has 1 N–H and O–H groups in total. The largest absolute Gasteiger partial charge is 0.319 e. The molecule has 0 radical (unpaired) electrons. The van der Waals surface area contributed by atoms with Gasteiger partial charge in [0.05, 0.1) is 6.61 Å². The number of benzene rings is 2. The Kier molecular flexibility index (Phi) is 7.89. The molecule has 0 aliphatic heterocycles.